The first-order valence-electron chi connectivity index (χ1n) is 9.99. The summed E-state index contributed by atoms with van der Waals surface area (Å²) in [6, 6.07) is 11.1. The van der Waals surface area contributed by atoms with Crippen molar-refractivity contribution >= 4 is 17.5 Å². The molecule has 2 amide bonds. The van der Waals surface area contributed by atoms with Gasteiger partial charge in [0.05, 0.1) is 19.1 Å². The predicted octanol–water partition coefficient (Wildman–Crippen LogP) is 1.65. The van der Waals surface area contributed by atoms with Crippen molar-refractivity contribution in [2.45, 2.75) is 6.42 Å². The Morgan fingerprint density at radius 1 is 1.17 bits per heavy atom. The normalized spacial score (nSPS) is 14.2. The summed E-state index contributed by atoms with van der Waals surface area (Å²) < 4.78 is 19.1. The van der Waals surface area contributed by atoms with Gasteiger partial charge in [-0.3, -0.25) is 14.5 Å². The largest absolute Gasteiger partial charge is 0.497 e. The highest BCUT2D eigenvalue weighted by atomic mass is 19.1. The van der Waals surface area contributed by atoms with Crippen LogP contribution in [-0.4, -0.2) is 63.1 Å². The molecule has 8 heteroatoms. The second kappa shape index (κ2) is 10.7. The highest BCUT2D eigenvalue weighted by Crippen LogP contribution is 2.20. The third kappa shape index (κ3) is 6.01. The number of amides is 2. The van der Waals surface area contributed by atoms with Crippen LogP contribution in [0, 0.1) is 5.82 Å². The summed E-state index contributed by atoms with van der Waals surface area (Å²) in [6.07, 6.45) is 0.128. The molecular weight excluding hydrogens is 387 g/mol. The lowest BCUT2D eigenvalue weighted by atomic mass is 10.1. The van der Waals surface area contributed by atoms with Crippen LogP contribution in [0.15, 0.2) is 42.5 Å². The fourth-order valence-corrected chi connectivity index (χ4v) is 3.32. The molecule has 2 aromatic carbocycles. The van der Waals surface area contributed by atoms with Crippen LogP contribution in [0.3, 0.4) is 0 Å². The van der Waals surface area contributed by atoms with Crippen LogP contribution in [0.5, 0.6) is 5.75 Å². The van der Waals surface area contributed by atoms with Crippen molar-refractivity contribution in [3.63, 3.8) is 0 Å². The number of nitrogens with zero attached hydrogens (tertiary/aromatic N) is 1. The van der Waals surface area contributed by atoms with E-state index in [4.69, 9.17) is 4.74 Å². The van der Waals surface area contributed by atoms with Crippen molar-refractivity contribution in [1.29, 1.82) is 0 Å². The van der Waals surface area contributed by atoms with E-state index < -0.39 is 11.7 Å². The number of anilines is 1. The molecule has 3 rings (SSSR count). The van der Waals surface area contributed by atoms with E-state index in [-0.39, 0.29) is 17.9 Å². The molecule has 1 heterocycles. The zero-order valence-electron chi connectivity index (χ0n) is 17.0. The number of carbonyl (C=O) groups is 2. The Morgan fingerprint density at radius 2 is 1.93 bits per heavy atom. The molecule has 1 aliphatic heterocycles. The first kappa shape index (κ1) is 21.7. The number of rotatable bonds is 8. The predicted molar refractivity (Wildman–Crippen MR) is 113 cm³/mol. The summed E-state index contributed by atoms with van der Waals surface area (Å²) in [7, 11) is 1.43. The molecule has 0 unspecified atom stereocenters. The molecule has 1 fully saturated rings. The number of hydrogen-bond acceptors (Lipinski definition) is 5. The lowest BCUT2D eigenvalue weighted by Crippen LogP contribution is -2.46. The zero-order chi connectivity index (χ0) is 21.3. The Kier molecular flexibility index (Phi) is 7.75. The maximum absolute atomic E-state index is 14.2. The van der Waals surface area contributed by atoms with Gasteiger partial charge in [0.15, 0.2) is 0 Å². The molecule has 1 aliphatic rings. The summed E-state index contributed by atoms with van der Waals surface area (Å²) in [5.41, 5.74) is 1.06. The van der Waals surface area contributed by atoms with E-state index in [0.717, 1.165) is 38.8 Å². The van der Waals surface area contributed by atoms with E-state index in [1.165, 1.54) is 19.2 Å². The molecule has 2 aromatic rings. The highest BCUT2D eigenvalue weighted by molar-refractivity contribution is 6.05. The van der Waals surface area contributed by atoms with Crippen LogP contribution in [0.4, 0.5) is 10.1 Å². The van der Waals surface area contributed by atoms with Gasteiger partial charge in [0.1, 0.15) is 11.6 Å². The summed E-state index contributed by atoms with van der Waals surface area (Å²) in [4.78, 5) is 27.2. The first-order valence-corrected chi connectivity index (χ1v) is 9.99. The molecule has 3 N–H and O–H groups in total. The second-order valence-corrected chi connectivity index (χ2v) is 7.08. The monoisotopic (exact) mass is 414 g/mol. The molecule has 7 nitrogen and oxygen atoms in total. The molecule has 1 saturated heterocycles. The number of piperazine rings is 1. The number of ether oxygens (including phenoxy) is 1. The van der Waals surface area contributed by atoms with E-state index in [0.29, 0.717) is 23.5 Å². The minimum absolute atomic E-state index is 0.0916. The maximum Gasteiger partial charge on any atom is 0.258 e. The van der Waals surface area contributed by atoms with Gasteiger partial charge in [0.25, 0.3) is 5.91 Å². The van der Waals surface area contributed by atoms with Crippen LogP contribution < -0.4 is 20.7 Å². The Balaban J connectivity index is 1.57. The standard InChI is InChI=1S/C22H27FN4O3/c1-30-17-6-7-18(19(23)15-17)22(29)26-20-5-3-2-4-16(20)14-21(28)25-10-13-27-11-8-24-9-12-27/h2-7,15,24H,8-14H2,1H3,(H,25,28)(H,26,29). The number of benzene rings is 2. The topological polar surface area (TPSA) is 82.7 Å². The SMILES string of the molecule is COc1ccc(C(=O)Nc2ccccc2CC(=O)NCCN2CCNCC2)c(F)c1. The lowest BCUT2D eigenvalue weighted by molar-refractivity contribution is -0.120. The van der Waals surface area contributed by atoms with Crippen molar-refractivity contribution < 1.29 is 18.7 Å². The quantitative estimate of drug-likeness (QED) is 0.612. The molecule has 0 spiro atoms. The summed E-state index contributed by atoms with van der Waals surface area (Å²) in [6.45, 7) is 5.28. The van der Waals surface area contributed by atoms with Crippen LogP contribution in [0.25, 0.3) is 0 Å². The van der Waals surface area contributed by atoms with Gasteiger partial charge in [-0.15, -0.1) is 0 Å². The maximum atomic E-state index is 14.2. The first-order chi connectivity index (χ1) is 14.6. The highest BCUT2D eigenvalue weighted by Gasteiger charge is 2.16. The molecule has 160 valence electrons. The summed E-state index contributed by atoms with van der Waals surface area (Å²) >= 11 is 0. The van der Waals surface area contributed by atoms with Gasteiger partial charge >= 0.3 is 0 Å². The molecule has 0 aromatic heterocycles. The van der Waals surface area contributed by atoms with Crippen molar-refractivity contribution in [3.05, 3.63) is 59.4 Å². The Hall–Kier alpha value is -2.97. The zero-order valence-corrected chi connectivity index (χ0v) is 17.0. The Bertz CT molecular complexity index is 884. The van der Waals surface area contributed by atoms with Gasteiger partial charge in [-0.1, -0.05) is 18.2 Å². The fraction of sp³-hybridized carbons (Fsp3) is 0.364. The smallest absolute Gasteiger partial charge is 0.258 e. The van der Waals surface area contributed by atoms with Crippen LogP contribution in [0.1, 0.15) is 15.9 Å². The van der Waals surface area contributed by atoms with Gasteiger partial charge < -0.3 is 20.7 Å². The summed E-state index contributed by atoms with van der Waals surface area (Å²) in [5.74, 6) is -1.04. The van der Waals surface area contributed by atoms with Crippen molar-refractivity contribution in [1.82, 2.24) is 15.5 Å². The Labute approximate surface area is 175 Å². The van der Waals surface area contributed by atoms with Crippen LogP contribution in [-0.2, 0) is 11.2 Å². The summed E-state index contributed by atoms with van der Waals surface area (Å²) in [5, 5.41) is 8.92. The molecular formula is C22H27FN4O3. The molecule has 0 saturated carbocycles. The molecule has 0 atom stereocenters. The minimum Gasteiger partial charge on any atom is -0.497 e. The van der Waals surface area contributed by atoms with E-state index in [2.05, 4.69) is 20.9 Å². The van der Waals surface area contributed by atoms with Crippen molar-refractivity contribution in [2.75, 3.05) is 51.7 Å². The number of halogens is 1. The van der Waals surface area contributed by atoms with E-state index in [9.17, 15) is 14.0 Å². The Morgan fingerprint density at radius 3 is 2.67 bits per heavy atom. The van der Waals surface area contributed by atoms with Gasteiger partial charge in [-0.2, -0.15) is 0 Å². The second-order valence-electron chi connectivity index (χ2n) is 7.08. The van der Waals surface area contributed by atoms with Crippen molar-refractivity contribution in [3.8, 4) is 5.75 Å². The van der Waals surface area contributed by atoms with Gasteiger partial charge in [0.2, 0.25) is 5.91 Å². The molecule has 0 bridgehead atoms. The molecule has 0 aliphatic carbocycles. The van der Waals surface area contributed by atoms with Gasteiger partial charge in [-0.05, 0) is 23.8 Å². The average Bonchev–Trinajstić information content (AvgIpc) is 2.75. The van der Waals surface area contributed by atoms with Crippen LogP contribution >= 0.6 is 0 Å². The lowest BCUT2D eigenvalue weighted by Gasteiger charge is -2.27. The number of nitrogens with one attached hydrogen (secondary N) is 3. The third-order valence-electron chi connectivity index (χ3n) is 5.00. The fourth-order valence-electron chi connectivity index (χ4n) is 3.32. The van der Waals surface area contributed by atoms with Crippen LogP contribution in [0.2, 0.25) is 0 Å². The average molecular weight is 414 g/mol. The van der Waals surface area contributed by atoms with E-state index in [1.54, 1.807) is 24.3 Å². The van der Waals surface area contributed by atoms with E-state index in [1.807, 2.05) is 0 Å². The number of hydrogen-bond donors (Lipinski definition) is 3. The van der Waals surface area contributed by atoms with Crippen molar-refractivity contribution in [2.24, 2.45) is 0 Å². The minimum atomic E-state index is -0.671. The number of methoxy groups -OCH3 is 1. The van der Waals surface area contributed by atoms with Gasteiger partial charge in [0, 0.05) is 51.0 Å². The molecule has 0 radical (unpaired) electrons. The van der Waals surface area contributed by atoms with Gasteiger partial charge in [-0.25, -0.2) is 4.39 Å². The third-order valence-corrected chi connectivity index (χ3v) is 5.00. The number of para-hydroxylation sites is 1. The van der Waals surface area contributed by atoms with E-state index >= 15 is 0 Å². The number of carbonyl (C=O) groups excluding carboxylic acids is 2. The molecule has 30 heavy (non-hydrogen) atoms.